The quantitative estimate of drug-likeness (QED) is 0.507. The van der Waals surface area contributed by atoms with E-state index in [1.54, 1.807) is 19.4 Å². The van der Waals surface area contributed by atoms with Gasteiger partial charge >= 0.3 is 0 Å². The van der Waals surface area contributed by atoms with Crippen molar-refractivity contribution in [2.45, 2.75) is 6.54 Å². The summed E-state index contributed by atoms with van der Waals surface area (Å²) in [5, 5.41) is 6.51. The second-order valence-corrected chi connectivity index (χ2v) is 3.70. The molecule has 18 heavy (non-hydrogen) atoms. The van der Waals surface area contributed by atoms with Crippen molar-refractivity contribution >= 4 is 11.7 Å². The Labute approximate surface area is 103 Å². The molecular formula is C10H13N7O. The van der Waals surface area contributed by atoms with Gasteiger partial charge in [0.25, 0.3) is 5.91 Å². The lowest BCUT2D eigenvalue weighted by Gasteiger charge is -2.15. The number of amides is 1. The van der Waals surface area contributed by atoms with Crippen LogP contribution >= 0.6 is 0 Å². The van der Waals surface area contributed by atoms with Crippen LogP contribution in [0.3, 0.4) is 0 Å². The monoisotopic (exact) mass is 247 g/mol. The fraction of sp³-hybridized carbons (Fsp3) is 0.200. The SMILES string of the molecule is CN(Cc1cn[nH]c1)C(=O)c1cnc(NN)cn1. The summed E-state index contributed by atoms with van der Waals surface area (Å²) in [6, 6.07) is 0. The van der Waals surface area contributed by atoms with Gasteiger partial charge in [0, 0.05) is 25.4 Å². The first kappa shape index (κ1) is 12.0. The van der Waals surface area contributed by atoms with Gasteiger partial charge in [0.15, 0.2) is 5.82 Å². The molecule has 0 fully saturated rings. The maximum atomic E-state index is 12.0. The number of carbonyl (C=O) groups excluding carboxylic acids is 1. The number of H-pyrrole nitrogens is 1. The smallest absolute Gasteiger partial charge is 0.274 e. The molecule has 0 spiro atoms. The van der Waals surface area contributed by atoms with Crippen LogP contribution in [0.15, 0.2) is 24.8 Å². The number of nitrogens with one attached hydrogen (secondary N) is 2. The second kappa shape index (κ2) is 5.23. The molecule has 0 aliphatic heterocycles. The predicted octanol–water partition coefficient (Wildman–Crippen LogP) is -0.242. The Bertz CT molecular complexity index is 508. The van der Waals surface area contributed by atoms with Gasteiger partial charge in [-0.15, -0.1) is 0 Å². The van der Waals surface area contributed by atoms with E-state index in [0.29, 0.717) is 12.4 Å². The van der Waals surface area contributed by atoms with Crippen molar-refractivity contribution in [3.8, 4) is 0 Å². The molecule has 0 unspecified atom stereocenters. The average Bonchev–Trinajstić information content (AvgIpc) is 2.91. The zero-order valence-corrected chi connectivity index (χ0v) is 9.79. The molecule has 8 heteroatoms. The Kier molecular flexibility index (Phi) is 3.49. The molecule has 0 saturated heterocycles. The summed E-state index contributed by atoms with van der Waals surface area (Å²) in [4.78, 5) is 21.5. The third kappa shape index (κ3) is 2.61. The lowest BCUT2D eigenvalue weighted by Crippen LogP contribution is -2.27. The molecule has 0 aromatic carbocycles. The van der Waals surface area contributed by atoms with E-state index < -0.39 is 0 Å². The summed E-state index contributed by atoms with van der Waals surface area (Å²) in [5.74, 6) is 5.36. The normalized spacial score (nSPS) is 10.1. The van der Waals surface area contributed by atoms with Crippen LogP contribution in [0.25, 0.3) is 0 Å². The number of nitrogens with two attached hydrogens (primary N) is 1. The van der Waals surface area contributed by atoms with Gasteiger partial charge in [0.2, 0.25) is 0 Å². The van der Waals surface area contributed by atoms with E-state index in [2.05, 4.69) is 25.6 Å². The number of hydrogen-bond donors (Lipinski definition) is 3. The number of nitrogen functional groups attached to an aromatic ring is 1. The molecule has 94 valence electrons. The molecule has 0 bridgehead atoms. The minimum Gasteiger partial charge on any atom is -0.336 e. The van der Waals surface area contributed by atoms with Crippen molar-refractivity contribution in [1.82, 2.24) is 25.1 Å². The summed E-state index contributed by atoms with van der Waals surface area (Å²) >= 11 is 0. The lowest BCUT2D eigenvalue weighted by molar-refractivity contribution is 0.0779. The minimum atomic E-state index is -0.215. The topological polar surface area (TPSA) is 113 Å². The number of carbonyl (C=O) groups is 1. The summed E-state index contributed by atoms with van der Waals surface area (Å²) < 4.78 is 0. The fourth-order valence-electron chi connectivity index (χ4n) is 1.42. The molecular weight excluding hydrogens is 234 g/mol. The van der Waals surface area contributed by atoms with E-state index in [9.17, 15) is 4.79 Å². The molecule has 8 nitrogen and oxygen atoms in total. The first-order valence-electron chi connectivity index (χ1n) is 5.22. The molecule has 2 aromatic rings. The molecule has 1 amide bonds. The number of aromatic nitrogens is 4. The van der Waals surface area contributed by atoms with E-state index >= 15 is 0 Å². The molecule has 0 saturated carbocycles. The number of rotatable bonds is 4. The van der Waals surface area contributed by atoms with Gasteiger partial charge in [0.05, 0.1) is 18.6 Å². The van der Waals surface area contributed by atoms with Crippen LogP contribution in [-0.4, -0.2) is 38.0 Å². The highest BCUT2D eigenvalue weighted by atomic mass is 16.2. The Hall–Kier alpha value is -2.48. The minimum absolute atomic E-state index is 0.215. The lowest BCUT2D eigenvalue weighted by atomic mass is 10.3. The molecule has 2 rings (SSSR count). The van der Waals surface area contributed by atoms with E-state index in [-0.39, 0.29) is 11.6 Å². The van der Waals surface area contributed by atoms with Crippen LogP contribution in [0.1, 0.15) is 16.1 Å². The molecule has 4 N–H and O–H groups in total. The Morgan fingerprint density at radius 1 is 1.44 bits per heavy atom. The van der Waals surface area contributed by atoms with Crippen molar-refractivity contribution in [3.63, 3.8) is 0 Å². The molecule has 2 aromatic heterocycles. The Balaban J connectivity index is 2.05. The maximum absolute atomic E-state index is 12.0. The third-order valence-corrected chi connectivity index (χ3v) is 2.34. The van der Waals surface area contributed by atoms with Crippen LogP contribution in [0.5, 0.6) is 0 Å². The summed E-state index contributed by atoms with van der Waals surface area (Å²) in [6.45, 7) is 0.452. The van der Waals surface area contributed by atoms with Crippen LogP contribution in [0, 0.1) is 0 Å². The largest absolute Gasteiger partial charge is 0.336 e. The van der Waals surface area contributed by atoms with Gasteiger partial charge in [-0.2, -0.15) is 5.10 Å². The van der Waals surface area contributed by atoms with Gasteiger partial charge in [-0.05, 0) is 0 Å². The molecule has 0 aliphatic carbocycles. The van der Waals surface area contributed by atoms with Gasteiger partial charge in [-0.3, -0.25) is 9.89 Å². The summed E-state index contributed by atoms with van der Waals surface area (Å²) in [7, 11) is 1.69. The first-order chi connectivity index (χ1) is 8.70. The van der Waals surface area contributed by atoms with Crippen LogP contribution < -0.4 is 11.3 Å². The van der Waals surface area contributed by atoms with E-state index in [1.807, 2.05) is 0 Å². The standard InChI is InChI=1S/C10H13N7O/c1-17(6-7-2-14-15-3-7)10(18)8-4-13-9(16-11)5-12-8/h2-5H,6,11H2,1H3,(H,13,16)(H,14,15). The maximum Gasteiger partial charge on any atom is 0.274 e. The molecule has 0 aliphatic rings. The van der Waals surface area contributed by atoms with Crippen molar-refractivity contribution in [2.24, 2.45) is 5.84 Å². The van der Waals surface area contributed by atoms with Crippen LogP contribution in [-0.2, 0) is 6.54 Å². The highest BCUT2D eigenvalue weighted by Gasteiger charge is 2.14. The van der Waals surface area contributed by atoms with Crippen LogP contribution in [0.2, 0.25) is 0 Å². The van der Waals surface area contributed by atoms with Gasteiger partial charge in [0.1, 0.15) is 5.69 Å². The van der Waals surface area contributed by atoms with Crippen molar-refractivity contribution in [1.29, 1.82) is 0 Å². The first-order valence-corrected chi connectivity index (χ1v) is 5.22. The summed E-state index contributed by atoms with van der Waals surface area (Å²) in [6.07, 6.45) is 6.18. The number of aromatic amines is 1. The van der Waals surface area contributed by atoms with E-state index in [0.717, 1.165) is 5.56 Å². The van der Waals surface area contributed by atoms with Crippen molar-refractivity contribution < 1.29 is 4.79 Å². The molecule has 0 radical (unpaired) electrons. The number of nitrogens with zero attached hydrogens (tertiary/aromatic N) is 4. The number of hydrogen-bond acceptors (Lipinski definition) is 6. The second-order valence-electron chi connectivity index (χ2n) is 3.70. The molecule has 2 heterocycles. The van der Waals surface area contributed by atoms with Crippen LogP contribution in [0.4, 0.5) is 5.82 Å². The average molecular weight is 247 g/mol. The van der Waals surface area contributed by atoms with Gasteiger partial charge in [-0.1, -0.05) is 0 Å². The molecule has 0 atom stereocenters. The zero-order chi connectivity index (χ0) is 13.0. The van der Waals surface area contributed by atoms with E-state index in [1.165, 1.54) is 17.3 Å². The van der Waals surface area contributed by atoms with E-state index in [4.69, 9.17) is 5.84 Å². The Morgan fingerprint density at radius 2 is 2.28 bits per heavy atom. The summed E-state index contributed by atoms with van der Waals surface area (Å²) in [5.41, 5.74) is 3.53. The highest BCUT2D eigenvalue weighted by molar-refractivity contribution is 5.91. The highest BCUT2D eigenvalue weighted by Crippen LogP contribution is 2.05. The Morgan fingerprint density at radius 3 is 2.83 bits per heavy atom. The third-order valence-electron chi connectivity index (χ3n) is 2.34. The zero-order valence-electron chi connectivity index (χ0n) is 9.79. The van der Waals surface area contributed by atoms with Gasteiger partial charge in [-0.25, -0.2) is 15.8 Å². The van der Waals surface area contributed by atoms with Crippen molar-refractivity contribution in [2.75, 3.05) is 12.5 Å². The number of hydrazine groups is 1. The van der Waals surface area contributed by atoms with Gasteiger partial charge < -0.3 is 10.3 Å². The number of anilines is 1. The fourth-order valence-corrected chi connectivity index (χ4v) is 1.42. The predicted molar refractivity (Wildman–Crippen MR) is 64.2 cm³/mol. The van der Waals surface area contributed by atoms with Crippen molar-refractivity contribution in [3.05, 3.63) is 36.0 Å².